The van der Waals surface area contributed by atoms with Crippen LogP contribution < -0.4 is 10.1 Å². The molecule has 1 heterocycles. The van der Waals surface area contributed by atoms with Gasteiger partial charge in [0.25, 0.3) is 5.91 Å². The normalized spacial score (nSPS) is 10.5. The van der Waals surface area contributed by atoms with Gasteiger partial charge in [0.05, 0.1) is 24.1 Å². The maximum Gasteiger partial charge on any atom is 0.259 e. The van der Waals surface area contributed by atoms with Gasteiger partial charge in [-0.05, 0) is 55.5 Å². The summed E-state index contributed by atoms with van der Waals surface area (Å²) in [5.41, 5.74) is 2.67. The fourth-order valence-electron chi connectivity index (χ4n) is 3.03. The molecule has 0 aliphatic heterocycles. The number of carbonyl (C=O) groups excluding carboxylic acids is 1. The van der Waals surface area contributed by atoms with Crippen molar-refractivity contribution in [2.24, 2.45) is 0 Å². The number of anilines is 1. The Balaban J connectivity index is 1.54. The van der Waals surface area contributed by atoms with Gasteiger partial charge < -0.3 is 10.1 Å². The molecule has 0 spiro atoms. The molecule has 0 bridgehead atoms. The number of nitrogens with one attached hydrogen (secondary N) is 1. The van der Waals surface area contributed by atoms with Crippen LogP contribution in [-0.4, -0.2) is 23.0 Å². The minimum atomic E-state index is -0.236. The van der Waals surface area contributed by atoms with E-state index in [1.54, 1.807) is 25.1 Å². The minimum Gasteiger partial charge on any atom is -0.497 e. The van der Waals surface area contributed by atoms with Gasteiger partial charge >= 0.3 is 0 Å². The first-order chi connectivity index (χ1) is 15.1. The molecule has 0 saturated carbocycles. The van der Waals surface area contributed by atoms with E-state index in [1.807, 2.05) is 85.8 Å². The van der Waals surface area contributed by atoms with Crippen LogP contribution >= 0.6 is 11.8 Å². The molecule has 5 nitrogen and oxygen atoms in total. The summed E-state index contributed by atoms with van der Waals surface area (Å²) in [7, 11) is 1.62. The Morgan fingerprint density at radius 2 is 1.65 bits per heavy atom. The number of aromatic nitrogens is 2. The molecule has 0 unspecified atom stereocenters. The molecule has 6 heteroatoms. The van der Waals surface area contributed by atoms with Gasteiger partial charge in [-0.2, -0.15) is 0 Å². The van der Waals surface area contributed by atoms with Crippen molar-refractivity contribution >= 4 is 23.4 Å². The fourth-order valence-corrected chi connectivity index (χ4v) is 3.96. The third kappa shape index (κ3) is 4.92. The monoisotopic (exact) mass is 427 g/mol. The van der Waals surface area contributed by atoms with Crippen molar-refractivity contribution < 1.29 is 9.53 Å². The molecular formula is C25H21N3O2S. The van der Waals surface area contributed by atoms with Gasteiger partial charge in [-0.1, -0.05) is 42.1 Å². The van der Waals surface area contributed by atoms with Gasteiger partial charge in [0.15, 0.2) is 5.82 Å². The van der Waals surface area contributed by atoms with Gasteiger partial charge in [-0.3, -0.25) is 4.79 Å². The fraction of sp³-hybridized carbons (Fsp3) is 0.0800. The van der Waals surface area contributed by atoms with Gasteiger partial charge in [-0.15, -0.1) is 0 Å². The number of hydrogen-bond acceptors (Lipinski definition) is 5. The molecular weight excluding hydrogens is 406 g/mol. The highest BCUT2D eigenvalue weighted by molar-refractivity contribution is 7.99. The Bertz CT molecular complexity index is 1200. The molecule has 1 N–H and O–H groups in total. The molecule has 31 heavy (non-hydrogen) atoms. The maximum atomic E-state index is 13.0. The zero-order chi connectivity index (χ0) is 21.6. The number of benzene rings is 3. The SMILES string of the molecule is COc1ccc(-c2ncc(C(=O)Nc3ccccc3Sc3ccccc3)c(C)n2)cc1. The molecule has 0 radical (unpaired) electrons. The smallest absolute Gasteiger partial charge is 0.259 e. The van der Waals surface area contributed by atoms with Crippen LogP contribution in [0.25, 0.3) is 11.4 Å². The third-order valence-electron chi connectivity index (χ3n) is 4.68. The van der Waals surface area contributed by atoms with Crippen LogP contribution in [0.1, 0.15) is 16.1 Å². The number of nitrogens with zero attached hydrogens (tertiary/aromatic N) is 2. The van der Waals surface area contributed by atoms with Crippen LogP contribution in [0.3, 0.4) is 0 Å². The molecule has 0 aliphatic carbocycles. The van der Waals surface area contributed by atoms with E-state index in [1.165, 1.54) is 0 Å². The highest BCUT2D eigenvalue weighted by Crippen LogP contribution is 2.33. The second kappa shape index (κ2) is 9.45. The summed E-state index contributed by atoms with van der Waals surface area (Å²) in [5.74, 6) is 1.10. The van der Waals surface area contributed by atoms with E-state index in [4.69, 9.17) is 4.74 Å². The molecule has 0 aliphatic rings. The zero-order valence-corrected chi connectivity index (χ0v) is 18.0. The molecule has 154 valence electrons. The van der Waals surface area contributed by atoms with Crippen molar-refractivity contribution in [3.8, 4) is 17.1 Å². The highest BCUT2D eigenvalue weighted by Gasteiger charge is 2.15. The Morgan fingerprint density at radius 3 is 2.35 bits per heavy atom. The van der Waals surface area contributed by atoms with Crippen LogP contribution in [0, 0.1) is 6.92 Å². The summed E-state index contributed by atoms with van der Waals surface area (Å²) in [4.78, 5) is 24.0. The van der Waals surface area contributed by atoms with E-state index in [9.17, 15) is 4.79 Å². The highest BCUT2D eigenvalue weighted by atomic mass is 32.2. The van der Waals surface area contributed by atoms with E-state index < -0.39 is 0 Å². The minimum absolute atomic E-state index is 0.236. The summed E-state index contributed by atoms with van der Waals surface area (Å²) >= 11 is 1.60. The number of hydrogen-bond donors (Lipinski definition) is 1. The third-order valence-corrected chi connectivity index (χ3v) is 5.76. The molecule has 0 fully saturated rings. The standard InChI is InChI=1S/C25H21N3O2S/c1-17-21(16-26-24(27-17)18-12-14-19(30-2)15-13-18)25(29)28-22-10-6-7-11-23(22)31-20-8-4-3-5-9-20/h3-16H,1-2H3,(H,28,29). The number of carbonyl (C=O) groups is 1. The van der Waals surface area contributed by atoms with E-state index in [0.717, 1.165) is 26.8 Å². The average Bonchev–Trinajstić information content (AvgIpc) is 2.81. The van der Waals surface area contributed by atoms with Crippen molar-refractivity contribution in [2.45, 2.75) is 16.7 Å². The first-order valence-electron chi connectivity index (χ1n) is 9.75. The lowest BCUT2D eigenvalue weighted by Crippen LogP contribution is -2.15. The van der Waals surface area contributed by atoms with Crippen LogP contribution in [0.5, 0.6) is 5.75 Å². The number of rotatable bonds is 6. The van der Waals surface area contributed by atoms with Gasteiger partial charge in [-0.25, -0.2) is 9.97 Å². The first-order valence-corrected chi connectivity index (χ1v) is 10.6. The van der Waals surface area contributed by atoms with Crippen molar-refractivity contribution in [3.05, 3.63) is 96.3 Å². The largest absolute Gasteiger partial charge is 0.497 e. The van der Waals surface area contributed by atoms with Crippen molar-refractivity contribution in [2.75, 3.05) is 12.4 Å². The molecule has 3 aromatic carbocycles. The molecule has 4 aromatic rings. The van der Waals surface area contributed by atoms with Crippen molar-refractivity contribution in [3.63, 3.8) is 0 Å². The van der Waals surface area contributed by atoms with Gasteiger partial charge in [0.1, 0.15) is 5.75 Å². The number of aryl methyl sites for hydroxylation is 1. The number of para-hydroxylation sites is 1. The predicted octanol–water partition coefficient (Wildman–Crippen LogP) is 5.86. The molecule has 1 amide bonds. The Labute approximate surface area is 185 Å². The van der Waals surface area contributed by atoms with E-state index in [2.05, 4.69) is 15.3 Å². The molecule has 4 rings (SSSR count). The molecule has 0 atom stereocenters. The average molecular weight is 428 g/mol. The maximum absolute atomic E-state index is 13.0. The molecule has 1 aromatic heterocycles. The number of methoxy groups -OCH3 is 1. The zero-order valence-electron chi connectivity index (χ0n) is 17.2. The van der Waals surface area contributed by atoms with Crippen molar-refractivity contribution in [1.29, 1.82) is 0 Å². The summed E-state index contributed by atoms with van der Waals surface area (Å²) < 4.78 is 5.19. The molecule has 0 saturated heterocycles. The summed E-state index contributed by atoms with van der Waals surface area (Å²) in [6.45, 7) is 1.81. The van der Waals surface area contributed by atoms with E-state index in [0.29, 0.717) is 17.1 Å². The Hall–Kier alpha value is -3.64. The van der Waals surface area contributed by atoms with Crippen molar-refractivity contribution in [1.82, 2.24) is 9.97 Å². The number of amides is 1. The Kier molecular flexibility index (Phi) is 6.29. The van der Waals surface area contributed by atoms with Crippen LogP contribution in [-0.2, 0) is 0 Å². The predicted molar refractivity (Wildman–Crippen MR) is 124 cm³/mol. The van der Waals surface area contributed by atoms with Crippen LogP contribution in [0.15, 0.2) is 94.9 Å². The summed E-state index contributed by atoms with van der Waals surface area (Å²) in [6.07, 6.45) is 1.57. The lowest BCUT2D eigenvalue weighted by atomic mass is 10.1. The second-order valence-electron chi connectivity index (χ2n) is 6.79. The number of ether oxygens (including phenoxy) is 1. The van der Waals surface area contributed by atoms with Crippen LogP contribution in [0.2, 0.25) is 0 Å². The topological polar surface area (TPSA) is 64.1 Å². The summed E-state index contributed by atoms with van der Waals surface area (Å²) in [6, 6.07) is 25.3. The second-order valence-corrected chi connectivity index (χ2v) is 7.90. The summed E-state index contributed by atoms with van der Waals surface area (Å²) in [5, 5.41) is 3.01. The van der Waals surface area contributed by atoms with E-state index >= 15 is 0 Å². The lowest BCUT2D eigenvalue weighted by molar-refractivity contribution is 0.102. The quantitative estimate of drug-likeness (QED) is 0.417. The lowest BCUT2D eigenvalue weighted by Gasteiger charge is -2.12. The van der Waals surface area contributed by atoms with Crippen LogP contribution in [0.4, 0.5) is 5.69 Å². The first kappa shape index (κ1) is 20.6. The Morgan fingerprint density at radius 1 is 0.935 bits per heavy atom. The van der Waals surface area contributed by atoms with Gasteiger partial charge in [0, 0.05) is 21.6 Å². The van der Waals surface area contributed by atoms with Gasteiger partial charge in [0.2, 0.25) is 0 Å². The van der Waals surface area contributed by atoms with E-state index in [-0.39, 0.29) is 5.91 Å².